The number of carbonyl (C=O) groups excluding carboxylic acids is 1. The Bertz CT molecular complexity index is 362. The van der Waals surface area contributed by atoms with Gasteiger partial charge in [-0.05, 0) is 12.8 Å². The number of halogens is 1. The zero-order chi connectivity index (χ0) is 11.4. The molecule has 0 saturated heterocycles. The van der Waals surface area contributed by atoms with Gasteiger partial charge in [-0.25, -0.2) is 4.74 Å². The molecule has 0 aromatic carbocycles. The Balaban J connectivity index is 2.60. The van der Waals surface area contributed by atoms with Gasteiger partial charge in [-0.2, -0.15) is 0 Å². The average molecular weight is 274 g/mol. The molecule has 2 saturated carbocycles. The summed E-state index contributed by atoms with van der Waals surface area (Å²) in [5, 5.41) is 12.2. The number of hydrogen-bond donors (Lipinski definition) is 0. The first-order valence-corrected chi connectivity index (χ1v) is 6.39. The fraction of sp³-hybridized carbons (Fsp3) is 0.818. The summed E-state index contributed by atoms with van der Waals surface area (Å²) in [7, 11) is 1.44. The van der Waals surface area contributed by atoms with Crippen LogP contribution in [0.25, 0.3) is 0 Å². The van der Waals surface area contributed by atoms with Crippen LogP contribution in [0.2, 0.25) is 0 Å². The van der Waals surface area contributed by atoms with Crippen molar-refractivity contribution in [3.8, 4) is 0 Å². The zero-order valence-corrected chi connectivity index (χ0v) is 10.9. The van der Waals surface area contributed by atoms with Gasteiger partial charge in [-0.15, -0.1) is 0 Å². The summed E-state index contributed by atoms with van der Waals surface area (Å²) in [5.41, 5.74) is 0.0680. The van der Waals surface area contributed by atoms with E-state index in [4.69, 9.17) is 0 Å². The van der Waals surface area contributed by atoms with Gasteiger partial charge in [0.2, 0.25) is 11.5 Å². The second-order valence-corrected chi connectivity index (χ2v) is 5.75. The lowest BCUT2D eigenvalue weighted by Crippen LogP contribution is -2.37. The molecule has 0 unspecified atom stereocenters. The number of fused-ring (bicyclic) bond motifs is 2. The molecule has 0 heterocycles. The van der Waals surface area contributed by atoms with E-state index >= 15 is 0 Å². The summed E-state index contributed by atoms with van der Waals surface area (Å²) in [6, 6.07) is 0. The van der Waals surface area contributed by atoms with Crippen LogP contribution in [0.3, 0.4) is 0 Å². The van der Waals surface area contributed by atoms with Crippen molar-refractivity contribution in [1.82, 2.24) is 0 Å². The van der Waals surface area contributed by atoms with Crippen molar-refractivity contribution in [3.05, 3.63) is 5.21 Å². The van der Waals surface area contributed by atoms with Crippen molar-refractivity contribution < 1.29 is 9.53 Å². The highest BCUT2D eigenvalue weighted by molar-refractivity contribution is 9.09. The van der Waals surface area contributed by atoms with Gasteiger partial charge in [0.1, 0.15) is 7.05 Å². The van der Waals surface area contributed by atoms with Crippen molar-refractivity contribution in [2.75, 3.05) is 12.4 Å². The summed E-state index contributed by atoms with van der Waals surface area (Å²) < 4.78 is 0.776. The normalized spacial score (nSPS) is 47.5. The van der Waals surface area contributed by atoms with Gasteiger partial charge < -0.3 is 5.21 Å². The van der Waals surface area contributed by atoms with E-state index in [1.165, 1.54) is 7.05 Å². The molecule has 0 radical (unpaired) electrons. The molecule has 2 aliphatic rings. The molecule has 2 bridgehead atoms. The van der Waals surface area contributed by atoms with Gasteiger partial charge >= 0.3 is 0 Å². The van der Waals surface area contributed by atoms with E-state index in [1.807, 2.05) is 6.92 Å². The molecule has 2 fully saturated rings. The van der Waals surface area contributed by atoms with Gasteiger partial charge in [0, 0.05) is 16.2 Å². The fourth-order valence-corrected chi connectivity index (χ4v) is 4.29. The number of carbonyl (C=O) groups is 1. The highest BCUT2D eigenvalue weighted by atomic mass is 79.9. The summed E-state index contributed by atoms with van der Waals surface area (Å²) >= 11 is 3.51. The second-order valence-electron chi connectivity index (χ2n) is 5.19. The molecule has 3 atom stereocenters. The molecular formula is C11H16BrNO2. The van der Waals surface area contributed by atoms with E-state index in [2.05, 4.69) is 22.9 Å². The minimum Gasteiger partial charge on any atom is -0.624 e. The van der Waals surface area contributed by atoms with Crippen LogP contribution in [-0.4, -0.2) is 28.6 Å². The number of nitrogens with zero attached hydrogens (tertiary/aromatic N) is 1. The molecule has 0 spiro atoms. The standard InChI is InChI=1S/C11H16BrNO2/c1-10-5-4-7(11(10,2)6-12)8(9(10)14)13(3)15/h7H,4-6H2,1-3H3/b13-8+/t7-,10+,11-/m1/s1. The lowest BCUT2D eigenvalue weighted by molar-refractivity contribution is -0.424. The van der Waals surface area contributed by atoms with E-state index in [-0.39, 0.29) is 22.5 Å². The van der Waals surface area contributed by atoms with Gasteiger partial charge in [0.15, 0.2) is 0 Å². The molecule has 0 aromatic heterocycles. The van der Waals surface area contributed by atoms with E-state index in [0.717, 1.165) is 22.9 Å². The molecule has 84 valence electrons. The van der Waals surface area contributed by atoms with Crippen LogP contribution >= 0.6 is 15.9 Å². The van der Waals surface area contributed by atoms with Crippen LogP contribution in [0, 0.1) is 22.0 Å². The van der Waals surface area contributed by atoms with Crippen molar-refractivity contribution in [1.29, 1.82) is 0 Å². The molecule has 4 heteroatoms. The molecule has 0 N–H and O–H groups in total. The second kappa shape index (κ2) is 3.06. The molecule has 2 rings (SSSR count). The Morgan fingerprint density at radius 1 is 1.60 bits per heavy atom. The van der Waals surface area contributed by atoms with Crippen molar-refractivity contribution >= 4 is 27.4 Å². The van der Waals surface area contributed by atoms with Gasteiger partial charge in [-0.3, -0.25) is 4.79 Å². The van der Waals surface area contributed by atoms with E-state index in [9.17, 15) is 10.0 Å². The Labute approximate surface area is 98.3 Å². The first-order valence-electron chi connectivity index (χ1n) is 5.27. The van der Waals surface area contributed by atoms with Crippen LogP contribution in [0.15, 0.2) is 0 Å². The number of hydrogen-bond acceptors (Lipinski definition) is 2. The lowest BCUT2D eigenvalue weighted by atomic mass is 9.70. The molecule has 15 heavy (non-hydrogen) atoms. The molecule has 3 nitrogen and oxygen atoms in total. The zero-order valence-electron chi connectivity index (χ0n) is 9.34. The van der Waals surface area contributed by atoms with Crippen LogP contribution in [0.1, 0.15) is 26.7 Å². The maximum absolute atomic E-state index is 12.2. The van der Waals surface area contributed by atoms with Crippen molar-refractivity contribution in [3.63, 3.8) is 0 Å². The Morgan fingerprint density at radius 2 is 2.20 bits per heavy atom. The Kier molecular flexibility index (Phi) is 2.27. The summed E-state index contributed by atoms with van der Waals surface area (Å²) in [4.78, 5) is 12.2. The quantitative estimate of drug-likeness (QED) is 0.317. The summed E-state index contributed by atoms with van der Waals surface area (Å²) in [5.74, 6) is 0.204. The smallest absolute Gasteiger partial charge is 0.234 e. The van der Waals surface area contributed by atoms with E-state index < -0.39 is 0 Å². The molecular weight excluding hydrogens is 258 g/mol. The SMILES string of the molecule is C/[N+]([O-])=C1\C(=O)[C@]2(C)CC[C@H]1[C@@]2(C)CBr. The third-order valence-corrected chi connectivity index (χ3v) is 5.81. The van der Waals surface area contributed by atoms with Gasteiger partial charge in [-0.1, -0.05) is 29.8 Å². The summed E-state index contributed by atoms with van der Waals surface area (Å²) in [6.45, 7) is 4.13. The monoisotopic (exact) mass is 273 g/mol. The highest BCUT2D eigenvalue weighted by Crippen LogP contribution is 2.63. The minimum atomic E-state index is -0.338. The Morgan fingerprint density at radius 3 is 2.53 bits per heavy atom. The topological polar surface area (TPSA) is 43.1 Å². The number of Topliss-reactive ketones (excluding diaryl/α,β-unsaturated/α-hetero) is 1. The van der Waals surface area contributed by atoms with Gasteiger partial charge in [0.05, 0.1) is 5.92 Å². The molecule has 0 aliphatic heterocycles. The van der Waals surface area contributed by atoms with Crippen LogP contribution in [0.5, 0.6) is 0 Å². The molecule has 0 amide bonds. The first kappa shape index (κ1) is 11.1. The van der Waals surface area contributed by atoms with E-state index in [0.29, 0.717) is 5.71 Å². The third-order valence-electron chi connectivity index (χ3n) is 4.64. The number of rotatable bonds is 1. The minimum absolute atomic E-state index is 0.0678. The van der Waals surface area contributed by atoms with Crippen molar-refractivity contribution in [2.24, 2.45) is 16.7 Å². The highest BCUT2D eigenvalue weighted by Gasteiger charge is 2.69. The van der Waals surface area contributed by atoms with Gasteiger partial charge in [0.25, 0.3) is 0 Å². The molecule has 0 aromatic rings. The Hall–Kier alpha value is -0.380. The summed E-state index contributed by atoms with van der Waals surface area (Å²) in [6.07, 6.45) is 1.88. The number of hydroxylamine groups is 1. The van der Waals surface area contributed by atoms with E-state index in [1.54, 1.807) is 0 Å². The fourth-order valence-electron chi connectivity index (χ4n) is 3.28. The maximum atomic E-state index is 12.2. The number of alkyl halides is 1. The number of ketones is 1. The van der Waals surface area contributed by atoms with Crippen LogP contribution < -0.4 is 0 Å². The predicted octanol–water partition coefficient (Wildman–Crippen LogP) is 1.97. The molecule has 2 aliphatic carbocycles. The maximum Gasteiger partial charge on any atom is 0.234 e. The first-order chi connectivity index (χ1) is 6.88. The van der Waals surface area contributed by atoms with Crippen molar-refractivity contribution in [2.45, 2.75) is 26.7 Å². The lowest BCUT2D eigenvalue weighted by Gasteiger charge is -2.33. The predicted molar refractivity (Wildman–Crippen MR) is 62.3 cm³/mol. The van der Waals surface area contributed by atoms with Crippen LogP contribution in [-0.2, 0) is 4.79 Å². The average Bonchev–Trinajstić information content (AvgIpc) is 2.51. The third kappa shape index (κ3) is 1.06. The van der Waals surface area contributed by atoms with Crippen LogP contribution in [0.4, 0.5) is 0 Å². The largest absolute Gasteiger partial charge is 0.624 e.